The zero-order valence-electron chi connectivity index (χ0n) is 16.5. The zero-order valence-corrected chi connectivity index (χ0v) is 16.5. The summed E-state index contributed by atoms with van der Waals surface area (Å²) >= 11 is 0. The van der Waals surface area contributed by atoms with E-state index in [9.17, 15) is 9.59 Å². The van der Waals surface area contributed by atoms with Gasteiger partial charge in [-0.25, -0.2) is 0 Å². The molecule has 0 unspecified atom stereocenters. The van der Waals surface area contributed by atoms with E-state index in [1.807, 2.05) is 66.7 Å². The molecular formula is C27H26O2. The highest BCUT2D eigenvalue weighted by atomic mass is 16.1. The summed E-state index contributed by atoms with van der Waals surface area (Å²) in [7, 11) is 0. The minimum Gasteiger partial charge on any atom is -0.299 e. The first-order chi connectivity index (χ1) is 14.2. The molecule has 0 aromatic heterocycles. The molecule has 0 aliphatic heterocycles. The van der Waals surface area contributed by atoms with Crippen LogP contribution in [-0.2, 0) is 4.79 Å². The minimum absolute atomic E-state index is 0.0620. The van der Waals surface area contributed by atoms with E-state index >= 15 is 0 Å². The largest absolute Gasteiger partial charge is 0.299 e. The highest BCUT2D eigenvalue weighted by Crippen LogP contribution is 2.42. The fraction of sp³-hybridized carbons (Fsp3) is 0.259. The van der Waals surface area contributed by atoms with Crippen LogP contribution < -0.4 is 0 Å². The van der Waals surface area contributed by atoms with Crippen LogP contribution >= 0.6 is 0 Å². The quantitative estimate of drug-likeness (QED) is 0.476. The summed E-state index contributed by atoms with van der Waals surface area (Å²) in [4.78, 5) is 26.6. The van der Waals surface area contributed by atoms with Gasteiger partial charge in [-0.2, -0.15) is 0 Å². The Labute approximate surface area is 172 Å². The standard InChI is InChI=1S/C27H26O2/c28-26(22-15-8-3-9-16-22)19-25(21-13-6-2-7-14-21)24-18-10-17-23(27(24)29)20-11-4-1-5-12-20/h1-9,11-16,23-25H,10,17-19H2/t23-,24+,25-/m1/s1. The predicted octanol–water partition coefficient (Wildman–Crippen LogP) is 6.20. The van der Waals surface area contributed by atoms with E-state index in [0.717, 1.165) is 36.0 Å². The number of hydrogen-bond acceptors (Lipinski definition) is 2. The summed E-state index contributed by atoms with van der Waals surface area (Å²) in [5.41, 5.74) is 2.91. The predicted molar refractivity (Wildman–Crippen MR) is 116 cm³/mol. The van der Waals surface area contributed by atoms with Gasteiger partial charge in [-0.3, -0.25) is 9.59 Å². The number of benzene rings is 3. The van der Waals surface area contributed by atoms with Gasteiger partial charge in [0.25, 0.3) is 0 Å². The van der Waals surface area contributed by atoms with Crippen LogP contribution in [0.5, 0.6) is 0 Å². The van der Waals surface area contributed by atoms with Crippen LogP contribution in [0.1, 0.15) is 59.0 Å². The fourth-order valence-corrected chi connectivity index (χ4v) is 4.63. The summed E-state index contributed by atoms with van der Waals surface area (Å²) in [5, 5.41) is 0. The van der Waals surface area contributed by atoms with Crippen molar-refractivity contribution in [2.45, 2.75) is 37.5 Å². The lowest BCUT2D eigenvalue weighted by atomic mass is 9.68. The van der Waals surface area contributed by atoms with Crippen molar-refractivity contribution in [3.63, 3.8) is 0 Å². The third kappa shape index (κ3) is 4.37. The highest BCUT2D eigenvalue weighted by molar-refractivity contribution is 5.97. The van der Waals surface area contributed by atoms with Crippen LogP contribution in [0.3, 0.4) is 0 Å². The average molecular weight is 383 g/mol. The van der Waals surface area contributed by atoms with Gasteiger partial charge < -0.3 is 0 Å². The van der Waals surface area contributed by atoms with E-state index in [0.29, 0.717) is 6.42 Å². The molecule has 0 N–H and O–H groups in total. The fourth-order valence-electron chi connectivity index (χ4n) is 4.63. The third-order valence-electron chi connectivity index (χ3n) is 6.13. The van der Waals surface area contributed by atoms with Crippen LogP contribution in [0.2, 0.25) is 0 Å². The van der Waals surface area contributed by atoms with Crippen LogP contribution in [0.15, 0.2) is 91.0 Å². The Hall–Kier alpha value is -3.00. The van der Waals surface area contributed by atoms with E-state index in [1.54, 1.807) is 0 Å². The molecule has 2 nitrogen and oxygen atoms in total. The molecule has 2 heteroatoms. The maximum atomic E-state index is 13.5. The topological polar surface area (TPSA) is 34.1 Å². The van der Waals surface area contributed by atoms with Gasteiger partial charge in [0.05, 0.1) is 0 Å². The summed E-state index contributed by atoms with van der Waals surface area (Å²) in [5.74, 6) is 0.131. The zero-order chi connectivity index (χ0) is 20.1. The molecule has 3 atom stereocenters. The molecule has 146 valence electrons. The van der Waals surface area contributed by atoms with Crippen molar-refractivity contribution in [2.75, 3.05) is 0 Å². The number of rotatable bonds is 6. The highest BCUT2D eigenvalue weighted by Gasteiger charge is 2.38. The average Bonchev–Trinajstić information content (AvgIpc) is 2.79. The molecule has 4 rings (SSSR count). The van der Waals surface area contributed by atoms with E-state index in [4.69, 9.17) is 0 Å². The maximum Gasteiger partial charge on any atom is 0.163 e. The Kier molecular flexibility index (Phi) is 6.00. The monoisotopic (exact) mass is 382 g/mol. The summed E-state index contributed by atoms with van der Waals surface area (Å²) in [6, 6.07) is 29.6. The molecular weight excluding hydrogens is 356 g/mol. The molecule has 0 spiro atoms. The first-order valence-electron chi connectivity index (χ1n) is 10.5. The van der Waals surface area contributed by atoms with Crippen molar-refractivity contribution in [1.82, 2.24) is 0 Å². The Balaban J connectivity index is 1.64. The molecule has 3 aromatic carbocycles. The molecule has 1 aliphatic rings. The van der Waals surface area contributed by atoms with Gasteiger partial charge in [0, 0.05) is 29.7 Å². The maximum absolute atomic E-state index is 13.5. The van der Waals surface area contributed by atoms with Crippen molar-refractivity contribution < 1.29 is 9.59 Å². The summed E-state index contributed by atoms with van der Waals surface area (Å²) in [6.45, 7) is 0. The Morgan fingerprint density at radius 2 is 1.38 bits per heavy atom. The molecule has 0 heterocycles. The van der Waals surface area contributed by atoms with E-state index in [2.05, 4.69) is 24.3 Å². The third-order valence-corrected chi connectivity index (χ3v) is 6.13. The van der Waals surface area contributed by atoms with E-state index in [-0.39, 0.29) is 29.3 Å². The Morgan fingerprint density at radius 3 is 2.03 bits per heavy atom. The molecule has 0 saturated heterocycles. The summed E-state index contributed by atoms with van der Waals surface area (Å²) in [6.07, 6.45) is 3.13. The molecule has 29 heavy (non-hydrogen) atoms. The molecule has 1 saturated carbocycles. The van der Waals surface area contributed by atoms with Crippen LogP contribution in [0, 0.1) is 5.92 Å². The van der Waals surface area contributed by atoms with Gasteiger partial charge >= 0.3 is 0 Å². The van der Waals surface area contributed by atoms with E-state index < -0.39 is 0 Å². The SMILES string of the molecule is O=C(C[C@H](c1ccccc1)[C@@H]1CCC[C@H](c2ccccc2)C1=O)c1ccccc1. The van der Waals surface area contributed by atoms with Crippen molar-refractivity contribution >= 4 is 11.6 Å². The number of hydrogen-bond donors (Lipinski definition) is 0. The van der Waals surface area contributed by atoms with Gasteiger partial charge in [-0.05, 0) is 24.0 Å². The van der Waals surface area contributed by atoms with Crippen molar-refractivity contribution in [1.29, 1.82) is 0 Å². The molecule has 1 aliphatic carbocycles. The second-order valence-corrected chi connectivity index (χ2v) is 7.91. The lowest BCUT2D eigenvalue weighted by Gasteiger charge is -2.33. The molecule has 1 fully saturated rings. The van der Waals surface area contributed by atoms with Crippen molar-refractivity contribution in [3.05, 3.63) is 108 Å². The molecule has 0 radical (unpaired) electrons. The number of ketones is 2. The lowest BCUT2D eigenvalue weighted by Crippen LogP contribution is -2.32. The van der Waals surface area contributed by atoms with E-state index in [1.165, 1.54) is 0 Å². The normalized spacial score (nSPS) is 20.2. The summed E-state index contributed by atoms with van der Waals surface area (Å²) < 4.78 is 0. The van der Waals surface area contributed by atoms with Gasteiger partial charge in [0.15, 0.2) is 5.78 Å². The van der Waals surface area contributed by atoms with Crippen molar-refractivity contribution in [2.24, 2.45) is 5.92 Å². The first-order valence-corrected chi connectivity index (χ1v) is 10.5. The minimum atomic E-state index is -0.121. The van der Waals surface area contributed by atoms with Crippen LogP contribution in [0.4, 0.5) is 0 Å². The van der Waals surface area contributed by atoms with Gasteiger partial charge in [0.2, 0.25) is 0 Å². The lowest BCUT2D eigenvalue weighted by molar-refractivity contribution is -0.127. The second-order valence-electron chi connectivity index (χ2n) is 7.91. The van der Waals surface area contributed by atoms with Gasteiger partial charge in [0.1, 0.15) is 5.78 Å². The number of Topliss-reactive ketones (excluding diaryl/α,β-unsaturated/α-hetero) is 2. The molecule has 0 amide bonds. The first kappa shape index (κ1) is 19.3. The van der Waals surface area contributed by atoms with Gasteiger partial charge in [-0.15, -0.1) is 0 Å². The van der Waals surface area contributed by atoms with Gasteiger partial charge in [-0.1, -0.05) is 97.4 Å². The number of carbonyl (C=O) groups excluding carboxylic acids is 2. The number of carbonyl (C=O) groups is 2. The Morgan fingerprint density at radius 1 is 0.793 bits per heavy atom. The smallest absolute Gasteiger partial charge is 0.163 e. The molecule has 3 aromatic rings. The molecule has 0 bridgehead atoms. The van der Waals surface area contributed by atoms with Crippen LogP contribution in [-0.4, -0.2) is 11.6 Å². The van der Waals surface area contributed by atoms with Crippen LogP contribution in [0.25, 0.3) is 0 Å². The van der Waals surface area contributed by atoms with Crippen molar-refractivity contribution in [3.8, 4) is 0 Å². The Bertz CT molecular complexity index is 948. The second kappa shape index (κ2) is 9.00.